The zero-order chi connectivity index (χ0) is 17.3. The lowest BCUT2D eigenvalue weighted by atomic mass is 9.95. The Morgan fingerprint density at radius 2 is 1.55 bits per heavy atom. The number of aliphatic hydroxyl groups excluding tert-OH is 2. The average molecular weight is 339 g/mol. The van der Waals surface area contributed by atoms with Gasteiger partial charge in [0.15, 0.2) is 0 Å². The van der Waals surface area contributed by atoms with Crippen LogP contribution < -0.4 is 5.09 Å². The topological polar surface area (TPSA) is 97.3 Å². The highest BCUT2D eigenvalue weighted by atomic mass is 31.2. The Bertz CT molecular complexity index is 397. The molecule has 0 aromatic carbocycles. The van der Waals surface area contributed by atoms with E-state index < -0.39 is 43.3 Å². The summed E-state index contributed by atoms with van der Waals surface area (Å²) in [5, 5.41) is 22.6. The Morgan fingerprint density at radius 3 is 1.95 bits per heavy atom. The first-order valence-electron chi connectivity index (χ1n) is 7.49. The van der Waals surface area contributed by atoms with E-state index in [-0.39, 0.29) is 6.61 Å². The molecule has 0 aromatic rings. The first kappa shape index (κ1) is 20.0. The van der Waals surface area contributed by atoms with Crippen molar-refractivity contribution in [1.82, 2.24) is 5.09 Å². The smallest absolute Gasteiger partial charge is 0.390 e. The SMILES string of the molecule is C[C@@H]1[C@@H](O)[C@H](NP(=O)(OC(C)(C)C)OC(C)(C)C)OC[C@H]1O. The van der Waals surface area contributed by atoms with Gasteiger partial charge in [-0.3, -0.25) is 9.05 Å². The predicted octanol–water partition coefficient (Wildman–Crippen LogP) is 2.03. The van der Waals surface area contributed by atoms with Crippen molar-refractivity contribution in [1.29, 1.82) is 0 Å². The lowest BCUT2D eigenvalue weighted by molar-refractivity contribution is -0.160. The number of hydrogen-bond donors (Lipinski definition) is 3. The summed E-state index contributed by atoms with van der Waals surface area (Å²) in [6.45, 7) is 12.3. The van der Waals surface area contributed by atoms with E-state index in [0.29, 0.717) is 0 Å². The Labute approximate surface area is 132 Å². The third-order valence-electron chi connectivity index (χ3n) is 2.98. The molecule has 1 heterocycles. The van der Waals surface area contributed by atoms with Gasteiger partial charge in [-0.05, 0) is 41.5 Å². The van der Waals surface area contributed by atoms with Crippen LogP contribution in [0.2, 0.25) is 0 Å². The molecule has 0 bridgehead atoms. The van der Waals surface area contributed by atoms with Gasteiger partial charge in [0.2, 0.25) is 0 Å². The van der Waals surface area contributed by atoms with Gasteiger partial charge in [0.25, 0.3) is 0 Å². The lowest BCUT2D eigenvalue weighted by Gasteiger charge is -2.40. The Balaban J connectivity index is 2.91. The number of hydrogen-bond acceptors (Lipinski definition) is 6. The summed E-state index contributed by atoms with van der Waals surface area (Å²) >= 11 is 0. The van der Waals surface area contributed by atoms with Gasteiger partial charge in [0.1, 0.15) is 6.23 Å². The molecule has 1 fully saturated rings. The summed E-state index contributed by atoms with van der Waals surface area (Å²) in [5.74, 6) is -0.413. The average Bonchev–Trinajstić information content (AvgIpc) is 2.25. The van der Waals surface area contributed by atoms with Gasteiger partial charge in [-0.1, -0.05) is 6.92 Å². The number of rotatable bonds is 4. The Morgan fingerprint density at radius 1 is 1.09 bits per heavy atom. The Hall–Kier alpha value is -0.0100. The van der Waals surface area contributed by atoms with Crippen molar-refractivity contribution in [2.24, 2.45) is 5.92 Å². The van der Waals surface area contributed by atoms with Gasteiger partial charge in [0.05, 0.1) is 30.0 Å². The summed E-state index contributed by atoms with van der Waals surface area (Å²) in [4.78, 5) is 0. The molecule has 7 nitrogen and oxygen atoms in total. The van der Waals surface area contributed by atoms with E-state index in [4.69, 9.17) is 13.8 Å². The quantitative estimate of drug-likeness (QED) is 0.674. The van der Waals surface area contributed by atoms with Gasteiger partial charge >= 0.3 is 7.75 Å². The Kier molecular flexibility index (Phi) is 6.24. The monoisotopic (exact) mass is 339 g/mol. The molecule has 0 aromatic heterocycles. The second-order valence-electron chi connectivity index (χ2n) is 7.70. The van der Waals surface area contributed by atoms with Crippen molar-refractivity contribution in [3.05, 3.63) is 0 Å². The fourth-order valence-electron chi connectivity index (χ4n) is 2.02. The molecule has 0 amide bonds. The minimum absolute atomic E-state index is 0.0426. The van der Waals surface area contributed by atoms with Gasteiger partial charge in [0, 0.05) is 5.92 Å². The van der Waals surface area contributed by atoms with Crippen LogP contribution in [0.1, 0.15) is 48.5 Å². The fraction of sp³-hybridized carbons (Fsp3) is 1.00. The van der Waals surface area contributed by atoms with Crippen LogP contribution >= 0.6 is 7.75 Å². The second-order valence-corrected chi connectivity index (χ2v) is 9.32. The largest absolute Gasteiger partial charge is 0.408 e. The molecule has 3 N–H and O–H groups in total. The third kappa shape index (κ3) is 6.24. The first-order chi connectivity index (χ1) is 9.72. The van der Waals surface area contributed by atoms with E-state index in [1.54, 1.807) is 48.5 Å². The van der Waals surface area contributed by atoms with Gasteiger partial charge in [-0.2, -0.15) is 5.09 Å². The van der Waals surface area contributed by atoms with Crippen LogP contribution in [0, 0.1) is 5.92 Å². The standard InChI is InChI=1S/C14H30NO6P/c1-9-10(16)8-19-12(11(9)17)15-22(18,20-13(2,3)4)21-14(5,6)7/h9-12,16-17H,8H2,1-7H3,(H,15,18)/t9-,10+,11+,12+/m0/s1. The molecule has 0 aliphatic carbocycles. The van der Waals surface area contributed by atoms with Crippen molar-refractivity contribution < 1.29 is 28.6 Å². The summed E-state index contributed by atoms with van der Waals surface area (Å²) < 4.78 is 29.6. The molecule has 0 saturated carbocycles. The molecule has 1 rings (SSSR count). The van der Waals surface area contributed by atoms with Crippen molar-refractivity contribution in [2.75, 3.05) is 6.61 Å². The number of aliphatic hydroxyl groups is 2. The van der Waals surface area contributed by atoms with Gasteiger partial charge < -0.3 is 14.9 Å². The van der Waals surface area contributed by atoms with E-state index in [9.17, 15) is 14.8 Å². The zero-order valence-corrected chi connectivity index (χ0v) is 15.4. The molecule has 0 spiro atoms. The van der Waals surface area contributed by atoms with E-state index in [0.717, 1.165) is 0 Å². The molecular formula is C14H30NO6P. The lowest BCUT2D eigenvalue weighted by Crippen LogP contribution is -2.53. The molecule has 1 aliphatic heterocycles. The number of ether oxygens (including phenoxy) is 1. The van der Waals surface area contributed by atoms with Crippen LogP contribution in [0.4, 0.5) is 0 Å². The molecule has 0 unspecified atom stereocenters. The van der Waals surface area contributed by atoms with Crippen LogP contribution in [-0.4, -0.2) is 46.5 Å². The van der Waals surface area contributed by atoms with E-state index >= 15 is 0 Å². The van der Waals surface area contributed by atoms with Crippen LogP contribution in [0.3, 0.4) is 0 Å². The minimum Gasteiger partial charge on any atom is -0.390 e. The van der Waals surface area contributed by atoms with Crippen LogP contribution in [0.5, 0.6) is 0 Å². The number of nitrogens with one attached hydrogen (secondary N) is 1. The predicted molar refractivity (Wildman–Crippen MR) is 83.3 cm³/mol. The summed E-state index contributed by atoms with van der Waals surface area (Å²) in [6.07, 6.45) is -2.72. The van der Waals surface area contributed by atoms with Crippen LogP contribution in [0.25, 0.3) is 0 Å². The van der Waals surface area contributed by atoms with Crippen LogP contribution in [0.15, 0.2) is 0 Å². The maximum Gasteiger partial charge on any atom is 0.408 e. The summed E-state index contributed by atoms with van der Waals surface area (Å²) in [7, 11) is -3.73. The van der Waals surface area contributed by atoms with E-state index in [1.807, 2.05) is 0 Å². The maximum atomic E-state index is 13.0. The van der Waals surface area contributed by atoms with Crippen molar-refractivity contribution in [2.45, 2.75) is 78.1 Å². The van der Waals surface area contributed by atoms with Crippen molar-refractivity contribution >= 4 is 7.75 Å². The second kappa shape index (κ2) is 6.85. The summed E-state index contributed by atoms with van der Waals surface area (Å²) in [5.41, 5.74) is -1.42. The van der Waals surface area contributed by atoms with E-state index in [2.05, 4.69) is 5.09 Å². The summed E-state index contributed by atoms with van der Waals surface area (Å²) in [6, 6.07) is 0. The molecule has 0 radical (unpaired) electrons. The molecule has 22 heavy (non-hydrogen) atoms. The highest BCUT2D eigenvalue weighted by molar-refractivity contribution is 7.51. The highest BCUT2D eigenvalue weighted by Gasteiger charge is 2.43. The minimum atomic E-state index is -3.73. The molecule has 8 heteroatoms. The normalized spacial score (nSPS) is 31.3. The zero-order valence-electron chi connectivity index (χ0n) is 14.5. The molecule has 1 aliphatic rings. The highest BCUT2D eigenvalue weighted by Crippen LogP contribution is 2.51. The van der Waals surface area contributed by atoms with Crippen molar-refractivity contribution in [3.8, 4) is 0 Å². The molecular weight excluding hydrogens is 309 g/mol. The fourth-order valence-corrected chi connectivity index (χ4v) is 4.14. The first-order valence-corrected chi connectivity index (χ1v) is 9.04. The van der Waals surface area contributed by atoms with Crippen molar-refractivity contribution in [3.63, 3.8) is 0 Å². The van der Waals surface area contributed by atoms with Gasteiger partial charge in [-0.25, -0.2) is 4.57 Å². The molecule has 132 valence electrons. The molecule has 1 saturated heterocycles. The maximum absolute atomic E-state index is 13.0. The van der Waals surface area contributed by atoms with Crippen LogP contribution in [-0.2, 0) is 18.3 Å². The third-order valence-corrected chi connectivity index (χ3v) is 5.12. The van der Waals surface area contributed by atoms with Gasteiger partial charge in [-0.15, -0.1) is 0 Å². The van der Waals surface area contributed by atoms with E-state index in [1.165, 1.54) is 0 Å². The molecule has 4 atom stereocenters.